The van der Waals surface area contributed by atoms with E-state index in [1.165, 1.54) is 6.21 Å². The second kappa shape index (κ2) is 6.30. The molecule has 0 radical (unpaired) electrons. The molecule has 0 atom stereocenters. The van der Waals surface area contributed by atoms with Crippen LogP contribution >= 0.6 is 0 Å². The minimum atomic E-state index is -0.206. The molecule has 0 aliphatic heterocycles. The van der Waals surface area contributed by atoms with Crippen molar-refractivity contribution in [3.8, 4) is 5.75 Å². The van der Waals surface area contributed by atoms with Gasteiger partial charge in [-0.25, -0.2) is 5.43 Å². The molecule has 1 aromatic carbocycles. The number of phenols is 1. The fourth-order valence-electron chi connectivity index (χ4n) is 1.51. The molecule has 0 aliphatic carbocycles. The Morgan fingerprint density at radius 3 is 2.84 bits per heavy atom. The largest absolute Gasteiger partial charge is 0.508 e. The number of hydrogen-bond acceptors (Lipinski definition) is 4. The molecule has 5 heteroatoms. The summed E-state index contributed by atoms with van der Waals surface area (Å²) in [5.74, 6) is -0.0466. The van der Waals surface area contributed by atoms with E-state index < -0.39 is 0 Å². The summed E-state index contributed by atoms with van der Waals surface area (Å²) in [6, 6.07) is 10.2. The predicted molar refractivity (Wildman–Crippen MR) is 71.8 cm³/mol. The van der Waals surface area contributed by atoms with Gasteiger partial charge < -0.3 is 5.11 Å². The van der Waals surface area contributed by atoms with E-state index in [0.29, 0.717) is 5.56 Å². The molecule has 1 heterocycles. The monoisotopic (exact) mass is 255 g/mol. The number of nitrogens with one attached hydrogen (secondary N) is 1. The zero-order chi connectivity index (χ0) is 13.5. The third kappa shape index (κ3) is 4.23. The molecule has 0 saturated heterocycles. The fraction of sp³-hybridized carbons (Fsp3) is 0.0714. The zero-order valence-electron chi connectivity index (χ0n) is 10.2. The summed E-state index contributed by atoms with van der Waals surface area (Å²) < 4.78 is 0. The lowest BCUT2D eigenvalue weighted by Crippen LogP contribution is -2.19. The van der Waals surface area contributed by atoms with Crippen LogP contribution < -0.4 is 5.43 Å². The van der Waals surface area contributed by atoms with Crippen LogP contribution in [0, 0.1) is 0 Å². The number of carbonyl (C=O) groups excluding carboxylic acids is 1. The van der Waals surface area contributed by atoms with Crippen molar-refractivity contribution in [3.05, 3.63) is 59.9 Å². The van der Waals surface area contributed by atoms with Crippen LogP contribution in [0.15, 0.2) is 53.9 Å². The topological polar surface area (TPSA) is 74.6 Å². The molecular weight excluding hydrogens is 242 g/mol. The first kappa shape index (κ1) is 12.8. The molecule has 2 rings (SSSR count). The summed E-state index contributed by atoms with van der Waals surface area (Å²) in [6.07, 6.45) is 5.00. The molecule has 0 unspecified atom stereocenters. The Morgan fingerprint density at radius 1 is 1.32 bits per heavy atom. The highest BCUT2D eigenvalue weighted by Crippen LogP contribution is 2.08. The maximum absolute atomic E-state index is 11.6. The lowest BCUT2D eigenvalue weighted by atomic mass is 10.2. The number of rotatable bonds is 4. The summed E-state index contributed by atoms with van der Waals surface area (Å²) in [6.45, 7) is 0. The van der Waals surface area contributed by atoms with Gasteiger partial charge in [-0.15, -0.1) is 0 Å². The summed E-state index contributed by atoms with van der Waals surface area (Å²) in [4.78, 5) is 15.5. The molecule has 0 saturated carbocycles. The number of benzene rings is 1. The lowest BCUT2D eigenvalue weighted by Gasteiger charge is -1.99. The summed E-state index contributed by atoms with van der Waals surface area (Å²) in [5.41, 5.74) is 4.01. The van der Waals surface area contributed by atoms with E-state index in [4.69, 9.17) is 0 Å². The second-order valence-corrected chi connectivity index (χ2v) is 3.92. The van der Waals surface area contributed by atoms with Gasteiger partial charge in [-0.3, -0.25) is 9.78 Å². The third-order valence-electron chi connectivity index (χ3n) is 2.39. The maximum Gasteiger partial charge on any atom is 0.244 e. The van der Waals surface area contributed by atoms with Gasteiger partial charge in [0.25, 0.3) is 0 Å². The Kier molecular flexibility index (Phi) is 4.23. The fourth-order valence-corrected chi connectivity index (χ4v) is 1.51. The van der Waals surface area contributed by atoms with E-state index in [9.17, 15) is 9.90 Å². The summed E-state index contributed by atoms with van der Waals surface area (Å²) in [5, 5.41) is 13.1. The molecule has 0 aliphatic rings. The Hall–Kier alpha value is -2.69. The van der Waals surface area contributed by atoms with Crippen molar-refractivity contribution < 1.29 is 9.90 Å². The predicted octanol–water partition coefficient (Wildman–Crippen LogP) is 1.48. The average Bonchev–Trinajstić information content (AvgIpc) is 2.40. The first-order valence-corrected chi connectivity index (χ1v) is 5.74. The molecule has 2 aromatic rings. The normalized spacial score (nSPS) is 10.5. The number of hydrogen-bond donors (Lipinski definition) is 2. The highest BCUT2D eigenvalue weighted by Gasteiger charge is 2.00. The molecule has 2 N–H and O–H groups in total. The lowest BCUT2D eigenvalue weighted by molar-refractivity contribution is -0.120. The molecule has 5 nitrogen and oxygen atoms in total. The number of nitrogens with zero attached hydrogens (tertiary/aromatic N) is 2. The molecule has 19 heavy (non-hydrogen) atoms. The van der Waals surface area contributed by atoms with Gasteiger partial charge in [0.05, 0.1) is 12.6 Å². The van der Waals surface area contributed by atoms with Crippen molar-refractivity contribution in [2.24, 2.45) is 5.10 Å². The van der Waals surface area contributed by atoms with Crippen LogP contribution in [0.2, 0.25) is 0 Å². The first-order chi connectivity index (χ1) is 9.24. The van der Waals surface area contributed by atoms with E-state index >= 15 is 0 Å². The zero-order valence-corrected chi connectivity index (χ0v) is 10.2. The van der Waals surface area contributed by atoms with Gasteiger partial charge in [-0.2, -0.15) is 5.10 Å². The minimum Gasteiger partial charge on any atom is -0.508 e. The molecular formula is C14H13N3O2. The van der Waals surface area contributed by atoms with Gasteiger partial charge >= 0.3 is 0 Å². The third-order valence-corrected chi connectivity index (χ3v) is 2.39. The Balaban J connectivity index is 1.87. The average molecular weight is 255 g/mol. The standard InChI is InChI=1S/C14H13N3O2/c18-13-3-1-2-12(8-13)10-16-17-14(19)9-11-4-6-15-7-5-11/h1-8,10,18H,9H2,(H,17,19)/b16-10+. The van der Waals surface area contributed by atoms with Gasteiger partial charge in [-0.05, 0) is 35.4 Å². The van der Waals surface area contributed by atoms with Crippen molar-refractivity contribution in [3.63, 3.8) is 0 Å². The van der Waals surface area contributed by atoms with Crippen molar-refractivity contribution in [2.45, 2.75) is 6.42 Å². The Morgan fingerprint density at radius 2 is 2.11 bits per heavy atom. The van der Waals surface area contributed by atoms with Gasteiger partial charge in [0.15, 0.2) is 0 Å². The van der Waals surface area contributed by atoms with Gasteiger partial charge in [0, 0.05) is 12.4 Å². The quantitative estimate of drug-likeness (QED) is 0.642. The van der Waals surface area contributed by atoms with Gasteiger partial charge in [0.2, 0.25) is 5.91 Å². The highest BCUT2D eigenvalue weighted by atomic mass is 16.3. The number of carbonyl (C=O) groups is 1. The number of hydrazone groups is 1. The molecule has 0 fully saturated rings. The van der Waals surface area contributed by atoms with Gasteiger partial charge in [0.1, 0.15) is 5.75 Å². The van der Waals surface area contributed by atoms with Crippen LogP contribution in [-0.4, -0.2) is 22.2 Å². The van der Waals surface area contributed by atoms with E-state index in [0.717, 1.165) is 5.56 Å². The van der Waals surface area contributed by atoms with Crippen LogP contribution in [0.4, 0.5) is 0 Å². The molecule has 0 spiro atoms. The maximum atomic E-state index is 11.6. The van der Waals surface area contributed by atoms with E-state index in [1.54, 1.807) is 48.8 Å². The van der Waals surface area contributed by atoms with Crippen LogP contribution in [0.25, 0.3) is 0 Å². The van der Waals surface area contributed by atoms with Crippen molar-refractivity contribution >= 4 is 12.1 Å². The minimum absolute atomic E-state index is 0.159. The molecule has 96 valence electrons. The van der Waals surface area contributed by atoms with Crippen molar-refractivity contribution in [2.75, 3.05) is 0 Å². The summed E-state index contributed by atoms with van der Waals surface area (Å²) >= 11 is 0. The number of aromatic hydroxyl groups is 1. The number of phenolic OH excluding ortho intramolecular Hbond substituents is 1. The molecule has 1 aromatic heterocycles. The Labute approximate surface area is 110 Å². The van der Waals surface area contributed by atoms with Crippen LogP contribution in [0.3, 0.4) is 0 Å². The smallest absolute Gasteiger partial charge is 0.244 e. The van der Waals surface area contributed by atoms with Crippen LogP contribution in [0.1, 0.15) is 11.1 Å². The second-order valence-electron chi connectivity index (χ2n) is 3.92. The molecule has 1 amide bonds. The van der Waals surface area contributed by atoms with E-state index in [-0.39, 0.29) is 18.1 Å². The SMILES string of the molecule is O=C(Cc1ccncc1)N/N=C/c1cccc(O)c1. The van der Waals surface area contributed by atoms with E-state index in [1.807, 2.05) is 0 Å². The van der Waals surface area contributed by atoms with Gasteiger partial charge in [-0.1, -0.05) is 12.1 Å². The number of pyridine rings is 1. The summed E-state index contributed by atoms with van der Waals surface area (Å²) in [7, 11) is 0. The van der Waals surface area contributed by atoms with Crippen molar-refractivity contribution in [1.29, 1.82) is 0 Å². The first-order valence-electron chi connectivity index (χ1n) is 5.74. The van der Waals surface area contributed by atoms with E-state index in [2.05, 4.69) is 15.5 Å². The van der Waals surface area contributed by atoms with Crippen LogP contribution in [-0.2, 0) is 11.2 Å². The number of amides is 1. The number of aromatic nitrogens is 1. The Bertz CT molecular complexity index is 582. The van der Waals surface area contributed by atoms with Crippen molar-refractivity contribution in [1.82, 2.24) is 10.4 Å². The molecule has 0 bridgehead atoms. The van der Waals surface area contributed by atoms with Crippen LogP contribution in [0.5, 0.6) is 5.75 Å². The highest BCUT2D eigenvalue weighted by molar-refractivity contribution is 5.83.